The van der Waals surface area contributed by atoms with Crippen molar-refractivity contribution < 1.29 is 4.79 Å². The Hall–Kier alpha value is -1.58. The Morgan fingerprint density at radius 3 is 2.95 bits per heavy atom. The van der Waals surface area contributed by atoms with Crippen LogP contribution in [0.3, 0.4) is 0 Å². The minimum Gasteiger partial charge on any atom is -0.373 e. The lowest BCUT2D eigenvalue weighted by molar-refractivity contribution is -0.117. The third kappa shape index (κ3) is 2.57. The molecule has 1 atom stereocenters. The molecule has 0 bridgehead atoms. The van der Waals surface area contributed by atoms with Crippen molar-refractivity contribution in [3.63, 3.8) is 0 Å². The minimum atomic E-state index is -0.301. The molecule has 0 radical (unpaired) electrons. The largest absolute Gasteiger partial charge is 0.373 e. The van der Waals surface area contributed by atoms with Gasteiger partial charge in [-0.2, -0.15) is 5.26 Å². The highest BCUT2D eigenvalue weighted by Gasteiger charge is 2.30. The summed E-state index contributed by atoms with van der Waals surface area (Å²) in [5.74, 6) is -0.0405. The van der Waals surface area contributed by atoms with E-state index in [4.69, 9.17) is 5.26 Å². The second kappa shape index (κ2) is 5.59. The van der Waals surface area contributed by atoms with Gasteiger partial charge in [-0.3, -0.25) is 4.79 Å². The maximum absolute atomic E-state index is 11.8. The number of nitrogens with one attached hydrogen (secondary N) is 2. The van der Waals surface area contributed by atoms with Gasteiger partial charge in [0.1, 0.15) is 6.04 Å². The number of halogens is 1. The standard InChI is InChI=1S/C13H15BrN4O/c1-16-12-8-6-9(14)11(18(2)5-3-4-15)7-10(8)17-13(12)19/h6-7,12,16H,3,5H2,1-2H3,(H,17,19). The van der Waals surface area contributed by atoms with Crippen molar-refractivity contribution in [2.45, 2.75) is 12.5 Å². The van der Waals surface area contributed by atoms with Crippen molar-refractivity contribution in [2.24, 2.45) is 0 Å². The van der Waals surface area contributed by atoms with E-state index in [1.165, 1.54) is 0 Å². The number of nitriles is 1. The van der Waals surface area contributed by atoms with Gasteiger partial charge < -0.3 is 15.5 Å². The van der Waals surface area contributed by atoms with Crippen molar-refractivity contribution in [2.75, 3.05) is 30.9 Å². The zero-order valence-corrected chi connectivity index (χ0v) is 12.4. The van der Waals surface area contributed by atoms with E-state index in [1.54, 1.807) is 7.05 Å². The summed E-state index contributed by atoms with van der Waals surface area (Å²) in [6, 6.07) is 5.71. The highest BCUT2D eigenvalue weighted by Crippen LogP contribution is 2.38. The van der Waals surface area contributed by atoms with Crippen LogP contribution in [0, 0.1) is 11.3 Å². The number of benzene rings is 1. The summed E-state index contributed by atoms with van der Waals surface area (Å²) < 4.78 is 0.920. The molecular weight excluding hydrogens is 308 g/mol. The number of amides is 1. The van der Waals surface area contributed by atoms with Crippen molar-refractivity contribution in [3.8, 4) is 6.07 Å². The van der Waals surface area contributed by atoms with E-state index in [1.807, 2.05) is 24.1 Å². The molecule has 19 heavy (non-hydrogen) atoms. The van der Waals surface area contributed by atoms with Crippen LogP contribution in [-0.4, -0.2) is 26.5 Å². The van der Waals surface area contributed by atoms with Gasteiger partial charge in [-0.25, -0.2) is 0 Å². The Morgan fingerprint density at radius 1 is 1.58 bits per heavy atom. The lowest BCUT2D eigenvalue weighted by atomic mass is 10.1. The lowest BCUT2D eigenvalue weighted by Gasteiger charge is -2.20. The number of rotatable bonds is 4. The summed E-state index contributed by atoms with van der Waals surface area (Å²) in [5.41, 5.74) is 2.73. The molecule has 0 saturated heterocycles. The van der Waals surface area contributed by atoms with Gasteiger partial charge in [0.05, 0.1) is 18.2 Å². The molecule has 100 valence electrons. The summed E-state index contributed by atoms with van der Waals surface area (Å²) >= 11 is 3.53. The molecule has 1 aliphatic rings. The van der Waals surface area contributed by atoms with Gasteiger partial charge in [0.2, 0.25) is 5.91 Å². The van der Waals surface area contributed by atoms with Crippen LogP contribution < -0.4 is 15.5 Å². The minimum absolute atomic E-state index is 0.0405. The predicted octanol–water partition coefficient (Wildman–Crippen LogP) is 2.01. The van der Waals surface area contributed by atoms with E-state index < -0.39 is 0 Å². The number of likely N-dealkylation sites (N-methyl/N-ethyl adjacent to an activating group) is 1. The van der Waals surface area contributed by atoms with Crippen LogP contribution in [0.4, 0.5) is 11.4 Å². The molecule has 0 spiro atoms. The quantitative estimate of drug-likeness (QED) is 0.889. The number of carbonyl (C=O) groups excluding carboxylic acids is 1. The molecule has 1 aromatic carbocycles. The second-order valence-corrected chi connectivity index (χ2v) is 5.29. The summed E-state index contributed by atoms with van der Waals surface area (Å²) in [7, 11) is 3.69. The first-order valence-corrected chi connectivity index (χ1v) is 6.77. The summed E-state index contributed by atoms with van der Waals surface area (Å²) in [6.07, 6.45) is 0.464. The highest BCUT2D eigenvalue weighted by molar-refractivity contribution is 9.10. The van der Waals surface area contributed by atoms with E-state index in [2.05, 4.69) is 32.6 Å². The fraction of sp³-hybridized carbons (Fsp3) is 0.385. The zero-order chi connectivity index (χ0) is 14.0. The Labute approximate surface area is 120 Å². The topological polar surface area (TPSA) is 68.2 Å². The number of hydrogen-bond donors (Lipinski definition) is 2. The first kappa shape index (κ1) is 13.8. The summed E-state index contributed by atoms with van der Waals surface area (Å²) in [6.45, 7) is 0.650. The van der Waals surface area contributed by atoms with Crippen LogP contribution in [0.25, 0.3) is 0 Å². The second-order valence-electron chi connectivity index (χ2n) is 4.43. The first-order valence-electron chi connectivity index (χ1n) is 5.98. The molecule has 2 N–H and O–H groups in total. The number of hydrogen-bond acceptors (Lipinski definition) is 4. The van der Waals surface area contributed by atoms with Crippen LogP contribution in [0.2, 0.25) is 0 Å². The number of fused-ring (bicyclic) bond motifs is 1. The maximum Gasteiger partial charge on any atom is 0.246 e. The van der Waals surface area contributed by atoms with Crippen LogP contribution in [-0.2, 0) is 4.79 Å². The van der Waals surface area contributed by atoms with Crippen molar-refractivity contribution in [1.29, 1.82) is 5.26 Å². The van der Waals surface area contributed by atoms with E-state index in [0.717, 1.165) is 21.4 Å². The van der Waals surface area contributed by atoms with Crippen molar-refractivity contribution in [1.82, 2.24) is 5.32 Å². The van der Waals surface area contributed by atoms with Crippen molar-refractivity contribution in [3.05, 3.63) is 22.2 Å². The smallest absolute Gasteiger partial charge is 0.246 e. The highest BCUT2D eigenvalue weighted by atomic mass is 79.9. The van der Waals surface area contributed by atoms with Crippen LogP contribution >= 0.6 is 15.9 Å². The molecule has 1 heterocycles. The Morgan fingerprint density at radius 2 is 2.32 bits per heavy atom. The van der Waals surface area contributed by atoms with Crippen LogP contribution in [0.5, 0.6) is 0 Å². The van der Waals surface area contributed by atoms with E-state index in [0.29, 0.717) is 13.0 Å². The Kier molecular flexibility index (Phi) is 4.08. The third-order valence-corrected chi connectivity index (χ3v) is 3.84. The van der Waals surface area contributed by atoms with Gasteiger partial charge in [0.25, 0.3) is 0 Å². The number of nitrogens with zero attached hydrogens (tertiary/aromatic N) is 2. The summed E-state index contributed by atoms with van der Waals surface area (Å²) in [5, 5.41) is 14.5. The molecule has 2 rings (SSSR count). The fourth-order valence-electron chi connectivity index (χ4n) is 2.19. The van der Waals surface area contributed by atoms with Gasteiger partial charge in [-0.15, -0.1) is 0 Å². The summed E-state index contributed by atoms with van der Waals surface area (Å²) in [4.78, 5) is 13.8. The van der Waals surface area contributed by atoms with Crippen LogP contribution in [0.15, 0.2) is 16.6 Å². The average Bonchev–Trinajstić information content (AvgIpc) is 2.69. The van der Waals surface area contributed by atoms with Crippen LogP contribution in [0.1, 0.15) is 18.0 Å². The Balaban J connectivity index is 2.34. The average molecular weight is 323 g/mol. The van der Waals surface area contributed by atoms with Gasteiger partial charge in [0, 0.05) is 29.3 Å². The lowest BCUT2D eigenvalue weighted by Crippen LogP contribution is -2.23. The number of carbonyl (C=O) groups is 1. The molecule has 1 aromatic rings. The van der Waals surface area contributed by atoms with Crippen molar-refractivity contribution >= 4 is 33.2 Å². The van der Waals surface area contributed by atoms with E-state index in [9.17, 15) is 4.79 Å². The van der Waals surface area contributed by atoms with E-state index in [-0.39, 0.29) is 11.9 Å². The number of anilines is 2. The fourth-order valence-corrected chi connectivity index (χ4v) is 2.85. The molecular formula is C13H15BrN4O. The molecule has 0 fully saturated rings. The molecule has 1 amide bonds. The zero-order valence-electron chi connectivity index (χ0n) is 10.8. The molecule has 5 nitrogen and oxygen atoms in total. The first-order chi connectivity index (χ1) is 9.08. The molecule has 1 aliphatic heterocycles. The third-order valence-electron chi connectivity index (χ3n) is 3.21. The molecule has 6 heteroatoms. The maximum atomic E-state index is 11.8. The molecule has 0 aromatic heterocycles. The monoisotopic (exact) mass is 322 g/mol. The van der Waals surface area contributed by atoms with E-state index >= 15 is 0 Å². The van der Waals surface area contributed by atoms with Gasteiger partial charge in [-0.1, -0.05) is 0 Å². The predicted molar refractivity (Wildman–Crippen MR) is 78.1 cm³/mol. The van der Waals surface area contributed by atoms with Gasteiger partial charge in [-0.05, 0) is 35.1 Å². The van der Waals surface area contributed by atoms with Gasteiger partial charge >= 0.3 is 0 Å². The Bertz CT molecular complexity index is 552. The SMILES string of the molecule is CNC1C(=O)Nc2cc(N(C)CCC#N)c(Br)cc21. The van der Waals surface area contributed by atoms with Gasteiger partial charge in [0.15, 0.2) is 0 Å². The molecule has 1 unspecified atom stereocenters. The molecule has 0 saturated carbocycles. The normalized spacial score (nSPS) is 16.7. The molecule has 0 aliphatic carbocycles.